The lowest BCUT2D eigenvalue weighted by Gasteiger charge is -2.39. The van der Waals surface area contributed by atoms with Crippen LogP contribution in [0.3, 0.4) is 0 Å². The lowest BCUT2D eigenvalue weighted by atomic mass is 9.69. The molecule has 1 aliphatic carbocycles. The van der Waals surface area contributed by atoms with E-state index in [0.717, 1.165) is 18.8 Å². The van der Waals surface area contributed by atoms with Gasteiger partial charge in [0.05, 0.1) is 0 Å². The van der Waals surface area contributed by atoms with Crippen molar-refractivity contribution >= 4 is 11.7 Å². The summed E-state index contributed by atoms with van der Waals surface area (Å²) in [5.74, 6) is 1.59. The van der Waals surface area contributed by atoms with Gasteiger partial charge in [0, 0.05) is 31.3 Å². The number of hydrogen-bond acceptors (Lipinski definition) is 2. The summed E-state index contributed by atoms with van der Waals surface area (Å²) in [7, 11) is 0. The van der Waals surface area contributed by atoms with E-state index in [1.54, 1.807) is 0 Å². The van der Waals surface area contributed by atoms with Crippen molar-refractivity contribution in [2.45, 2.75) is 59.8 Å². The molecule has 0 aromatic heterocycles. The Morgan fingerprint density at radius 1 is 1.15 bits per heavy atom. The second-order valence-electron chi connectivity index (χ2n) is 7.82. The fourth-order valence-electron chi connectivity index (χ4n) is 3.68. The fraction of sp³-hybridized carbons (Fsp3) is 0.882. The maximum absolute atomic E-state index is 12.6. The Kier molecular flexibility index (Phi) is 4.55. The van der Waals surface area contributed by atoms with Gasteiger partial charge < -0.3 is 4.90 Å². The Hall–Kier alpha value is -0.860. The molecule has 3 heteroatoms. The van der Waals surface area contributed by atoms with Gasteiger partial charge in [-0.2, -0.15) is 0 Å². The molecule has 1 saturated heterocycles. The number of carbonyl (C=O) groups is 2. The number of ketones is 1. The maximum Gasteiger partial charge on any atom is 0.225 e. The summed E-state index contributed by atoms with van der Waals surface area (Å²) in [5.41, 5.74) is 0.361. The summed E-state index contributed by atoms with van der Waals surface area (Å²) < 4.78 is 0. The van der Waals surface area contributed by atoms with Gasteiger partial charge in [-0.1, -0.05) is 27.7 Å². The molecule has 0 radical (unpaired) electrons. The molecule has 3 nitrogen and oxygen atoms in total. The second-order valence-corrected chi connectivity index (χ2v) is 7.82. The number of piperidine rings is 1. The van der Waals surface area contributed by atoms with Crippen LogP contribution >= 0.6 is 0 Å². The van der Waals surface area contributed by atoms with Crippen LogP contribution in [0.1, 0.15) is 59.8 Å². The third-order valence-corrected chi connectivity index (χ3v) is 5.28. The fourth-order valence-corrected chi connectivity index (χ4v) is 3.68. The zero-order chi connectivity index (χ0) is 14.9. The molecule has 0 spiro atoms. The van der Waals surface area contributed by atoms with Gasteiger partial charge >= 0.3 is 0 Å². The number of rotatable bonds is 1. The van der Waals surface area contributed by atoms with Crippen molar-refractivity contribution in [1.82, 2.24) is 4.90 Å². The van der Waals surface area contributed by atoms with E-state index in [1.807, 2.05) is 11.8 Å². The molecule has 2 rings (SSSR count). The minimum atomic E-state index is 0.0265. The second kappa shape index (κ2) is 5.87. The van der Waals surface area contributed by atoms with Crippen LogP contribution < -0.4 is 0 Å². The van der Waals surface area contributed by atoms with Crippen molar-refractivity contribution in [3.63, 3.8) is 0 Å². The van der Waals surface area contributed by atoms with Gasteiger partial charge in [-0.05, 0) is 37.0 Å². The van der Waals surface area contributed by atoms with Crippen molar-refractivity contribution in [3.05, 3.63) is 0 Å². The van der Waals surface area contributed by atoms with Crippen LogP contribution in [-0.2, 0) is 9.59 Å². The first-order chi connectivity index (χ1) is 9.29. The highest BCUT2D eigenvalue weighted by Gasteiger charge is 2.35. The molecule has 1 heterocycles. The molecule has 1 atom stereocenters. The molecule has 1 aliphatic heterocycles. The largest absolute Gasteiger partial charge is 0.341 e. The normalized spacial score (nSPS) is 32.3. The monoisotopic (exact) mass is 279 g/mol. The molecule has 2 aliphatic rings. The minimum Gasteiger partial charge on any atom is -0.341 e. The maximum atomic E-state index is 12.6. The topological polar surface area (TPSA) is 37.4 Å². The Balaban J connectivity index is 1.87. The number of nitrogens with zero attached hydrogens (tertiary/aromatic N) is 1. The predicted octanol–water partition coefficient (Wildman–Crippen LogP) is 3.28. The molecular formula is C17H29NO2. The van der Waals surface area contributed by atoms with E-state index in [1.165, 1.54) is 12.8 Å². The molecule has 0 bridgehead atoms. The van der Waals surface area contributed by atoms with Gasteiger partial charge in [-0.25, -0.2) is 0 Å². The smallest absolute Gasteiger partial charge is 0.225 e. The zero-order valence-corrected chi connectivity index (χ0v) is 13.4. The molecular weight excluding hydrogens is 250 g/mol. The number of hydrogen-bond donors (Lipinski definition) is 0. The summed E-state index contributed by atoms with van der Waals surface area (Å²) in [6.45, 7) is 10.1. The first kappa shape index (κ1) is 15.5. The van der Waals surface area contributed by atoms with Crippen molar-refractivity contribution in [2.24, 2.45) is 23.2 Å². The Bertz CT molecular complexity index is 375. The molecule has 20 heavy (non-hydrogen) atoms. The van der Waals surface area contributed by atoms with Gasteiger partial charge in [0.1, 0.15) is 5.78 Å². The van der Waals surface area contributed by atoms with Gasteiger partial charge in [0.25, 0.3) is 0 Å². The van der Waals surface area contributed by atoms with Crippen LogP contribution in [0.15, 0.2) is 0 Å². The lowest BCUT2D eigenvalue weighted by Crippen LogP contribution is -2.46. The zero-order valence-electron chi connectivity index (χ0n) is 13.4. The number of carbonyl (C=O) groups excluding carboxylic acids is 2. The van der Waals surface area contributed by atoms with Crippen molar-refractivity contribution in [3.8, 4) is 0 Å². The highest BCUT2D eigenvalue weighted by molar-refractivity contribution is 5.85. The molecule has 2 fully saturated rings. The predicted molar refractivity (Wildman–Crippen MR) is 80.3 cm³/mol. The summed E-state index contributed by atoms with van der Waals surface area (Å²) in [6, 6.07) is 0. The highest BCUT2D eigenvalue weighted by Crippen LogP contribution is 2.40. The summed E-state index contributed by atoms with van der Waals surface area (Å²) >= 11 is 0. The molecule has 1 amide bonds. The Labute approximate surface area is 123 Å². The van der Waals surface area contributed by atoms with Crippen LogP contribution in [0.5, 0.6) is 0 Å². The van der Waals surface area contributed by atoms with Crippen molar-refractivity contribution < 1.29 is 9.59 Å². The van der Waals surface area contributed by atoms with Crippen molar-refractivity contribution in [2.75, 3.05) is 13.1 Å². The van der Waals surface area contributed by atoms with Crippen LogP contribution in [0.25, 0.3) is 0 Å². The summed E-state index contributed by atoms with van der Waals surface area (Å²) in [6.07, 6.45) is 4.94. The molecule has 0 N–H and O–H groups in total. The summed E-state index contributed by atoms with van der Waals surface area (Å²) in [5, 5.41) is 0. The van der Waals surface area contributed by atoms with Crippen LogP contribution in [0.4, 0.5) is 0 Å². The molecule has 1 saturated carbocycles. The average Bonchev–Trinajstić information content (AvgIpc) is 2.40. The van der Waals surface area contributed by atoms with E-state index < -0.39 is 0 Å². The van der Waals surface area contributed by atoms with Crippen LogP contribution in [0.2, 0.25) is 0 Å². The van der Waals surface area contributed by atoms with E-state index in [-0.39, 0.29) is 11.8 Å². The molecule has 114 valence electrons. The van der Waals surface area contributed by atoms with Crippen LogP contribution in [-0.4, -0.2) is 29.7 Å². The van der Waals surface area contributed by atoms with E-state index in [9.17, 15) is 9.59 Å². The van der Waals surface area contributed by atoms with Gasteiger partial charge in [0.15, 0.2) is 0 Å². The first-order valence-corrected chi connectivity index (χ1v) is 8.10. The number of amides is 1. The van der Waals surface area contributed by atoms with E-state index >= 15 is 0 Å². The van der Waals surface area contributed by atoms with E-state index in [0.29, 0.717) is 36.6 Å². The molecule has 1 unspecified atom stereocenters. The average molecular weight is 279 g/mol. The first-order valence-electron chi connectivity index (χ1n) is 8.10. The Morgan fingerprint density at radius 2 is 1.75 bits per heavy atom. The van der Waals surface area contributed by atoms with Gasteiger partial charge in [0.2, 0.25) is 5.91 Å². The van der Waals surface area contributed by atoms with E-state index in [4.69, 9.17) is 0 Å². The lowest BCUT2D eigenvalue weighted by molar-refractivity contribution is -0.141. The summed E-state index contributed by atoms with van der Waals surface area (Å²) in [4.78, 5) is 26.1. The Morgan fingerprint density at radius 3 is 2.25 bits per heavy atom. The third kappa shape index (κ3) is 3.42. The van der Waals surface area contributed by atoms with Gasteiger partial charge in [-0.15, -0.1) is 0 Å². The molecule has 0 aromatic rings. The standard InChI is InChI=1S/C17H29NO2/c1-12-11-18(10-9-15(12)19)16(20)13-5-7-14(8-6-13)17(2,3)4/h12-14H,5-11H2,1-4H3. The van der Waals surface area contributed by atoms with Crippen molar-refractivity contribution in [1.29, 1.82) is 0 Å². The van der Waals surface area contributed by atoms with Crippen LogP contribution in [0, 0.1) is 23.2 Å². The molecule has 0 aromatic carbocycles. The minimum absolute atomic E-state index is 0.0265. The quantitative estimate of drug-likeness (QED) is 0.738. The van der Waals surface area contributed by atoms with Gasteiger partial charge in [-0.3, -0.25) is 9.59 Å². The highest BCUT2D eigenvalue weighted by atomic mass is 16.2. The number of Topliss-reactive ketones (excluding diaryl/α,β-unsaturated/α-hetero) is 1. The van der Waals surface area contributed by atoms with E-state index in [2.05, 4.69) is 20.8 Å². The SMILES string of the molecule is CC1CN(C(=O)C2CCC(C(C)(C)C)CC2)CCC1=O. The third-order valence-electron chi connectivity index (χ3n) is 5.28. The number of likely N-dealkylation sites (tertiary alicyclic amines) is 1.